The lowest BCUT2D eigenvalue weighted by Crippen LogP contribution is -1.94. The Balaban J connectivity index is 0.957. The van der Waals surface area contributed by atoms with Gasteiger partial charge in [0.25, 0.3) is 0 Å². The molecule has 0 fully saturated rings. The van der Waals surface area contributed by atoms with Gasteiger partial charge in [0.1, 0.15) is 0 Å². The molecular formula is C58H36N2. The number of hydrogen-bond donors (Lipinski definition) is 0. The third-order valence-electron chi connectivity index (χ3n) is 12.9. The van der Waals surface area contributed by atoms with Crippen molar-refractivity contribution in [2.45, 2.75) is 0 Å². The van der Waals surface area contributed by atoms with E-state index in [1.54, 1.807) is 0 Å². The van der Waals surface area contributed by atoms with Gasteiger partial charge in [0.05, 0.1) is 22.1 Å². The third kappa shape index (κ3) is 4.82. The summed E-state index contributed by atoms with van der Waals surface area (Å²) in [5.74, 6) is 0. The summed E-state index contributed by atoms with van der Waals surface area (Å²) < 4.78 is 4.84. The lowest BCUT2D eigenvalue weighted by Gasteiger charge is -2.14. The Morgan fingerprint density at radius 3 is 1.37 bits per heavy atom. The van der Waals surface area contributed by atoms with Crippen molar-refractivity contribution in [1.82, 2.24) is 9.13 Å². The molecule has 2 nitrogen and oxygen atoms in total. The van der Waals surface area contributed by atoms with Crippen LogP contribution in [0, 0.1) is 0 Å². The van der Waals surface area contributed by atoms with E-state index in [4.69, 9.17) is 0 Å². The average Bonchev–Trinajstić information content (AvgIpc) is 3.84. The first kappa shape index (κ1) is 33.1. The topological polar surface area (TPSA) is 9.86 Å². The van der Waals surface area contributed by atoms with E-state index in [1.165, 1.54) is 120 Å². The van der Waals surface area contributed by atoms with Gasteiger partial charge in [-0.2, -0.15) is 0 Å². The van der Waals surface area contributed by atoms with E-state index < -0.39 is 0 Å². The minimum absolute atomic E-state index is 1.17. The molecule has 0 unspecified atom stereocenters. The summed E-state index contributed by atoms with van der Waals surface area (Å²) in [4.78, 5) is 0. The highest BCUT2D eigenvalue weighted by molar-refractivity contribution is 6.26. The number of nitrogens with zero attached hydrogens (tertiary/aromatic N) is 2. The van der Waals surface area contributed by atoms with Gasteiger partial charge in [-0.25, -0.2) is 0 Å². The molecule has 0 radical (unpaired) electrons. The van der Waals surface area contributed by atoms with Crippen LogP contribution in [0.1, 0.15) is 0 Å². The van der Waals surface area contributed by atoms with Crippen molar-refractivity contribution in [1.29, 1.82) is 0 Å². The molecule has 60 heavy (non-hydrogen) atoms. The van der Waals surface area contributed by atoms with E-state index in [0.717, 1.165) is 0 Å². The van der Waals surface area contributed by atoms with Crippen LogP contribution in [0.5, 0.6) is 0 Å². The summed E-state index contributed by atoms with van der Waals surface area (Å²) in [6, 6.07) is 80.5. The van der Waals surface area contributed by atoms with Crippen LogP contribution in [-0.2, 0) is 0 Å². The SMILES string of the molecule is c1ccc(-n2c3ccccc3c3cc(-c4ccc(-c5ccc6c(c5)c5c7ccccc7ccc5n6-c5ccc6c7ccccc7c7ccccc7c6c5)cc4)ccc32)cc1. The van der Waals surface area contributed by atoms with Crippen LogP contribution in [0.15, 0.2) is 218 Å². The summed E-state index contributed by atoms with van der Waals surface area (Å²) in [6.07, 6.45) is 0. The van der Waals surface area contributed by atoms with Crippen LogP contribution in [0.3, 0.4) is 0 Å². The smallest absolute Gasteiger partial charge is 0.0547 e. The first-order valence-electron chi connectivity index (χ1n) is 20.8. The van der Waals surface area contributed by atoms with Crippen LogP contribution >= 0.6 is 0 Å². The van der Waals surface area contributed by atoms with Gasteiger partial charge in [0, 0.05) is 32.9 Å². The van der Waals surface area contributed by atoms with Crippen LogP contribution < -0.4 is 0 Å². The minimum Gasteiger partial charge on any atom is -0.309 e. The summed E-state index contributed by atoms with van der Waals surface area (Å²) in [5.41, 5.74) is 12.0. The number of aromatic nitrogens is 2. The monoisotopic (exact) mass is 760 g/mol. The molecule has 0 N–H and O–H groups in total. The molecule has 278 valence electrons. The van der Waals surface area contributed by atoms with E-state index in [1.807, 2.05) is 0 Å². The van der Waals surface area contributed by atoms with E-state index in [-0.39, 0.29) is 0 Å². The van der Waals surface area contributed by atoms with Crippen molar-refractivity contribution in [2.24, 2.45) is 0 Å². The van der Waals surface area contributed by atoms with Crippen molar-refractivity contribution in [3.63, 3.8) is 0 Å². The molecule has 2 aromatic heterocycles. The van der Waals surface area contributed by atoms with Gasteiger partial charge in [0.2, 0.25) is 0 Å². The first-order valence-corrected chi connectivity index (χ1v) is 20.8. The van der Waals surface area contributed by atoms with Crippen molar-refractivity contribution in [2.75, 3.05) is 0 Å². The molecule has 0 saturated carbocycles. The number of hydrogen-bond acceptors (Lipinski definition) is 0. The Hall–Kier alpha value is -7.94. The largest absolute Gasteiger partial charge is 0.309 e. The Kier molecular flexibility index (Phi) is 7.05. The summed E-state index contributed by atoms with van der Waals surface area (Å²) in [6.45, 7) is 0. The van der Waals surface area contributed by atoms with E-state index >= 15 is 0 Å². The van der Waals surface area contributed by atoms with Gasteiger partial charge in [0.15, 0.2) is 0 Å². The number of benzene rings is 11. The third-order valence-corrected chi connectivity index (χ3v) is 12.9. The van der Waals surface area contributed by atoms with E-state index in [9.17, 15) is 0 Å². The van der Waals surface area contributed by atoms with E-state index in [0.29, 0.717) is 0 Å². The summed E-state index contributed by atoms with van der Waals surface area (Å²) >= 11 is 0. The Morgan fingerprint density at radius 1 is 0.217 bits per heavy atom. The second-order valence-electron chi connectivity index (χ2n) is 16.1. The van der Waals surface area contributed by atoms with Crippen LogP contribution in [-0.4, -0.2) is 9.13 Å². The Morgan fingerprint density at radius 2 is 0.683 bits per heavy atom. The maximum absolute atomic E-state index is 2.47. The molecule has 0 bridgehead atoms. The molecule has 0 aliphatic carbocycles. The van der Waals surface area contributed by atoms with E-state index in [2.05, 4.69) is 228 Å². The average molecular weight is 761 g/mol. The highest BCUT2D eigenvalue weighted by Gasteiger charge is 2.18. The van der Waals surface area contributed by atoms with Crippen molar-refractivity contribution in [3.8, 4) is 33.6 Å². The predicted molar refractivity (Wildman–Crippen MR) is 256 cm³/mol. The van der Waals surface area contributed by atoms with Gasteiger partial charge in [-0.15, -0.1) is 0 Å². The fraction of sp³-hybridized carbons (Fsp3) is 0. The lowest BCUT2D eigenvalue weighted by atomic mass is 9.94. The number of fused-ring (bicyclic) bond motifs is 14. The molecular weight excluding hydrogens is 725 g/mol. The van der Waals surface area contributed by atoms with Crippen LogP contribution in [0.4, 0.5) is 0 Å². The van der Waals surface area contributed by atoms with Gasteiger partial charge >= 0.3 is 0 Å². The van der Waals surface area contributed by atoms with Crippen molar-refractivity contribution >= 4 is 86.7 Å². The van der Waals surface area contributed by atoms with Crippen molar-refractivity contribution < 1.29 is 0 Å². The Bertz CT molecular complexity index is 3830. The first-order chi connectivity index (χ1) is 29.8. The zero-order chi connectivity index (χ0) is 39.3. The molecule has 13 rings (SSSR count). The zero-order valence-corrected chi connectivity index (χ0v) is 32.7. The maximum Gasteiger partial charge on any atom is 0.0547 e. The normalized spacial score (nSPS) is 12.0. The molecule has 2 heterocycles. The Labute approximate surface area is 346 Å². The van der Waals surface area contributed by atoms with Gasteiger partial charge < -0.3 is 9.13 Å². The molecule has 0 atom stereocenters. The summed E-state index contributed by atoms with van der Waals surface area (Å²) in [5, 5.41) is 15.3. The molecule has 2 heteroatoms. The van der Waals surface area contributed by atoms with Gasteiger partial charge in [-0.05, 0) is 126 Å². The highest BCUT2D eigenvalue weighted by Crippen LogP contribution is 2.42. The molecule has 0 spiro atoms. The highest BCUT2D eigenvalue weighted by atomic mass is 15.0. The fourth-order valence-corrected chi connectivity index (χ4v) is 10.1. The maximum atomic E-state index is 2.47. The van der Waals surface area contributed by atoms with Gasteiger partial charge in [-0.3, -0.25) is 0 Å². The second-order valence-corrected chi connectivity index (χ2v) is 16.1. The lowest BCUT2D eigenvalue weighted by molar-refractivity contribution is 1.18. The second kappa shape index (κ2) is 12.8. The van der Waals surface area contributed by atoms with Crippen LogP contribution in [0.25, 0.3) is 120 Å². The minimum atomic E-state index is 1.17. The quantitative estimate of drug-likeness (QED) is 0.158. The number of rotatable bonds is 4. The molecule has 13 aromatic rings. The predicted octanol–water partition coefficient (Wildman–Crippen LogP) is 15.8. The number of para-hydroxylation sites is 2. The molecule has 11 aromatic carbocycles. The summed E-state index contributed by atoms with van der Waals surface area (Å²) in [7, 11) is 0. The zero-order valence-electron chi connectivity index (χ0n) is 32.7. The van der Waals surface area contributed by atoms with Gasteiger partial charge in [-0.1, -0.05) is 158 Å². The molecule has 0 aliphatic heterocycles. The molecule has 0 saturated heterocycles. The molecule has 0 aliphatic rings. The standard InChI is InChI=1S/C58H36N2/c1-2-13-42(14-3-1)59-54-21-11-10-20-50(54)52-34-40(27-31-55(52)59)37-22-24-38(25-23-37)41-28-32-56-53(35-41)58-44-15-5-4-12-39(44)26-33-57(58)60(56)43-29-30-49-47-18-7-6-16-45(47)46-17-8-9-19-48(46)51(49)36-43/h1-36H. The molecule has 0 amide bonds. The van der Waals surface area contributed by atoms with Crippen molar-refractivity contribution in [3.05, 3.63) is 218 Å². The fourth-order valence-electron chi connectivity index (χ4n) is 10.1. The van der Waals surface area contributed by atoms with Crippen LogP contribution in [0.2, 0.25) is 0 Å².